The summed E-state index contributed by atoms with van der Waals surface area (Å²) in [5.74, 6) is -3.11. The number of carbonyl (C=O) groups excluding carboxylic acids is 2. The van der Waals surface area contributed by atoms with Gasteiger partial charge in [-0.15, -0.1) is 0 Å². The summed E-state index contributed by atoms with van der Waals surface area (Å²) in [4.78, 5) is 24.7. The van der Waals surface area contributed by atoms with Crippen LogP contribution in [0.5, 0.6) is 5.75 Å². The van der Waals surface area contributed by atoms with Crippen molar-refractivity contribution < 1.29 is 23.1 Å². The number of carbonyl (C=O) groups is 2. The number of piperidine rings is 1. The monoisotopic (exact) mass is 313 g/mol. The van der Waals surface area contributed by atoms with Gasteiger partial charge < -0.3 is 20.7 Å². The van der Waals surface area contributed by atoms with E-state index >= 15 is 0 Å². The van der Waals surface area contributed by atoms with Crippen molar-refractivity contribution in [2.24, 2.45) is 5.73 Å². The Labute approximate surface area is 126 Å². The molecule has 0 unspecified atom stereocenters. The molecule has 1 aromatic carbocycles. The van der Waals surface area contributed by atoms with Crippen molar-refractivity contribution in [2.75, 3.05) is 25.5 Å². The molecule has 3 amide bonds. The first-order valence-corrected chi connectivity index (χ1v) is 6.74. The molecule has 0 aromatic heterocycles. The summed E-state index contributed by atoms with van der Waals surface area (Å²) in [5.41, 5.74) is 5.71. The van der Waals surface area contributed by atoms with Crippen LogP contribution in [0.25, 0.3) is 0 Å². The molecule has 1 fully saturated rings. The molecule has 1 aliphatic heterocycles. The van der Waals surface area contributed by atoms with Crippen LogP contribution in [0.3, 0.4) is 0 Å². The van der Waals surface area contributed by atoms with Gasteiger partial charge in [0.15, 0.2) is 0 Å². The summed E-state index contributed by atoms with van der Waals surface area (Å²) < 4.78 is 31.1. The zero-order chi connectivity index (χ0) is 16.3. The normalized spacial score (nSPS) is 17.0. The van der Waals surface area contributed by atoms with E-state index in [1.165, 1.54) is 24.1 Å². The number of nitrogens with zero attached hydrogens (tertiary/aromatic N) is 1. The Balaban J connectivity index is 2.06. The molecular formula is C14H17F2N3O3. The molecule has 1 heterocycles. The number of anilines is 1. The Morgan fingerprint density at radius 2 is 1.95 bits per heavy atom. The average Bonchev–Trinajstić information content (AvgIpc) is 2.46. The maximum absolute atomic E-state index is 13.1. The van der Waals surface area contributed by atoms with Crippen LogP contribution in [0, 0.1) is 0 Å². The SMILES string of the molecule is COc1ccc(NC(=O)N2CCC(F)(F)CC2)cc1C(N)=O. The van der Waals surface area contributed by atoms with E-state index in [2.05, 4.69) is 5.32 Å². The number of alkyl halides is 2. The highest BCUT2D eigenvalue weighted by molar-refractivity contribution is 5.98. The number of rotatable bonds is 3. The van der Waals surface area contributed by atoms with Gasteiger partial charge in [-0.1, -0.05) is 0 Å². The number of methoxy groups -OCH3 is 1. The summed E-state index contributed by atoms with van der Waals surface area (Å²) >= 11 is 0. The maximum atomic E-state index is 13.1. The van der Waals surface area contributed by atoms with Crippen LogP contribution in [0.4, 0.5) is 19.3 Å². The number of benzene rings is 1. The minimum atomic E-state index is -2.71. The fourth-order valence-electron chi connectivity index (χ4n) is 2.22. The number of halogens is 2. The molecule has 1 aliphatic rings. The van der Waals surface area contributed by atoms with Crippen LogP contribution in [0.2, 0.25) is 0 Å². The lowest BCUT2D eigenvalue weighted by molar-refractivity contribution is -0.0461. The third-order valence-corrected chi connectivity index (χ3v) is 3.50. The Hall–Kier alpha value is -2.38. The van der Waals surface area contributed by atoms with Crippen LogP contribution in [0.1, 0.15) is 23.2 Å². The molecule has 0 spiro atoms. The van der Waals surface area contributed by atoms with Crippen LogP contribution >= 0.6 is 0 Å². The van der Waals surface area contributed by atoms with Crippen molar-refractivity contribution in [3.05, 3.63) is 23.8 Å². The topological polar surface area (TPSA) is 84.7 Å². The third kappa shape index (κ3) is 3.63. The number of hydrogen-bond acceptors (Lipinski definition) is 3. The van der Waals surface area contributed by atoms with Crippen molar-refractivity contribution in [1.29, 1.82) is 0 Å². The number of nitrogens with two attached hydrogens (primary N) is 1. The van der Waals surface area contributed by atoms with Crippen LogP contribution in [-0.2, 0) is 0 Å². The van der Waals surface area contributed by atoms with E-state index in [1.807, 2.05) is 0 Å². The second-order valence-electron chi connectivity index (χ2n) is 5.05. The minimum Gasteiger partial charge on any atom is -0.496 e. The predicted octanol–water partition coefficient (Wildman–Crippen LogP) is 2.06. The van der Waals surface area contributed by atoms with Gasteiger partial charge in [0.2, 0.25) is 0 Å². The van der Waals surface area contributed by atoms with Crippen molar-refractivity contribution in [1.82, 2.24) is 4.90 Å². The molecule has 8 heteroatoms. The van der Waals surface area contributed by atoms with Crippen LogP contribution in [-0.4, -0.2) is 43.0 Å². The van der Waals surface area contributed by atoms with E-state index in [4.69, 9.17) is 10.5 Å². The number of amides is 3. The highest BCUT2D eigenvalue weighted by Crippen LogP contribution is 2.28. The number of hydrogen-bond donors (Lipinski definition) is 2. The van der Waals surface area contributed by atoms with Gasteiger partial charge in [-0.25, -0.2) is 13.6 Å². The Morgan fingerprint density at radius 3 is 2.50 bits per heavy atom. The number of urea groups is 1. The quantitative estimate of drug-likeness (QED) is 0.895. The molecule has 1 aromatic rings. The van der Waals surface area contributed by atoms with Gasteiger partial charge >= 0.3 is 6.03 Å². The lowest BCUT2D eigenvalue weighted by Crippen LogP contribution is -2.44. The summed E-state index contributed by atoms with van der Waals surface area (Å²) in [6.45, 7) is -0.0324. The van der Waals surface area contributed by atoms with E-state index in [0.29, 0.717) is 11.4 Å². The third-order valence-electron chi connectivity index (χ3n) is 3.50. The van der Waals surface area contributed by atoms with Gasteiger partial charge in [-0.05, 0) is 18.2 Å². The minimum absolute atomic E-state index is 0.0162. The largest absolute Gasteiger partial charge is 0.496 e. The lowest BCUT2D eigenvalue weighted by Gasteiger charge is -2.31. The molecule has 0 atom stereocenters. The predicted molar refractivity (Wildman–Crippen MR) is 76.3 cm³/mol. The smallest absolute Gasteiger partial charge is 0.321 e. The van der Waals surface area contributed by atoms with E-state index in [0.717, 1.165) is 0 Å². The van der Waals surface area contributed by atoms with Gasteiger partial charge in [-0.2, -0.15) is 0 Å². The highest BCUT2D eigenvalue weighted by atomic mass is 19.3. The molecule has 0 saturated carbocycles. The van der Waals surface area contributed by atoms with Crippen LogP contribution < -0.4 is 15.8 Å². The fraction of sp³-hybridized carbons (Fsp3) is 0.429. The second-order valence-corrected chi connectivity index (χ2v) is 5.05. The first-order chi connectivity index (χ1) is 10.3. The molecule has 22 heavy (non-hydrogen) atoms. The number of primary amides is 1. The van der Waals surface area contributed by atoms with Crippen molar-refractivity contribution >= 4 is 17.6 Å². The number of ether oxygens (including phenoxy) is 1. The molecule has 3 N–H and O–H groups in total. The van der Waals surface area contributed by atoms with Gasteiger partial charge in [-0.3, -0.25) is 4.79 Å². The summed E-state index contributed by atoms with van der Waals surface area (Å²) in [6, 6.07) is 3.94. The molecule has 120 valence electrons. The molecule has 6 nitrogen and oxygen atoms in total. The Kier molecular flexibility index (Phi) is 4.48. The second kappa shape index (κ2) is 6.17. The van der Waals surface area contributed by atoms with Gasteiger partial charge in [0.1, 0.15) is 5.75 Å². The van der Waals surface area contributed by atoms with Gasteiger partial charge in [0, 0.05) is 31.6 Å². The van der Waals surface area contributed by atoms with Crippen molar-refractivity contribution in [2.45, 2.75) is 18.8 Å². The first kappa shape index (κ1) is 16.0. The molecule has 0 radical (unpaired) electrons. The zero-order valence-electron chi connectivity index (χ0n) is 12.1. The van der Waals surface area contributed by atoms with Crippen molar-refractivity contribution in [3.8, 4) is 5.75 Å². The average molecular weight is 313 g/mol. The molecule has 2 rings (SSSR count). The maximum Gasteiger partial charge on any atom is 0.321 e. The lowest BCUT2D eigenvalue weighted by atomic mass is 10.1. The summed E-state index contributed by atoms with van der Waals surface area (Å²) in [5, 5.41) is 2.56. The summed E-state index contributed by atoms with van der Waals surface area (Å²) in [7, 11) is 1.40. The molecule has 1 saturated heterocycles. The Morgan fingerprint density at radius 1 is 1.32 bits per heavy atom. The van der Waals surface area contributed by atoms with E-state index in [-0.39, 0.29) is 31.5 Å². The molecular weight excluding hydrogens is 296 g/mol. The van der Waals surface area contributed by atoms with Crippen molar-refractivity contribution in [3.63, 3.8) is 0 Å². The van der Waals surface area contributed by atoms with Crippen LogP contribution in [0.15, 0.2) is 18.2 Å². The molecule has 0 aliphatic carbocycles. The fourth-order valence-corrected chi connectivity index (χ4v) is 2.22. The zero-order valence-corrected chi connectivity index (χ0v) is 12.1. The number of likely N-dealkylation sites (tertiary alicyclic amines) is 1. The Bertz CT molecular complexity index is 583. The van der Waals surface area contributed by atoms with E-state index < -0.39 is 17.9 Å². The van der Waals surface area contributed by atoms with Gasteiger partial charge in [0.25, 0.3) is 11.8 Å². The molecule has 0 bridgehead atoms. The van der Waals surface area contributed by atoms with E-state index in [1.54, 1.807) is 6.07 Å². The number of nitrogens with one attached hydrogen (secondary N) is 1. The van der Waals surface area contributed by atoms with E-state index in [9.17, 15) is 18.4 Å². The van der Waals surface area contributed by atoms with Gasteiger partial charge in [0.05, 0.1) is 12.7 Å². The first-order valence-electron chi connectivity index (χ1n) is 6.74. The highest BCUT2D eigenvalue weighted by Gasteiger charge is 2.35. The standard InChI is InChI=1S/C14H17F2N3O3/c1-22-11-3-2-9(8-10(11)12(17)20)18-13(21)19-6-4-14(15,16)5-7-19/h2-3,8H,4-7H2,1H3,(H2,17,20)(H,18,21). The summed E-state index contributed by atoms with van der Waals surface area (Å²) in [6.07, 6.45) is -0.703.